The van der Waals surface area contributed by atoms with Crippen LogP contribution >= 0.6 is 11.3 Å². The predicted molar refractivity (Wildman–Crippen MR) is 161 cm³/mol. The number of carbonyl (C=O) groups is 1. The second-order valence-electron chi connectivity index (χ2n) is 10.6. The SMILES string of the molecule is Cc1ccc(Oc2nc(-c3ccsc3)nc3cc[nH]c23)cc1NC(=O)c1ccc(CN2CCN(C)CC2)c(C(F)(F)F)c1. The van der Waals surface area contributed by atoms with Gasteiger partial charge in [-0.1, -0.05) is 12.1 Å². The van der Waals surface area contributed by atoms with E-state index < -0.39 is 17.6 Å². The van der Waals surface area contributed by atoms with E-state index in [1.54, 1.807) is 31.3 Å². The van der Waals surface area contributed by atoms with Gasteiger partial charge in [0.15, 0.2) is 5.82 Å². The minimum atomic E-state index is -4.59. The number of rotatable bonds is 7. The van der Waals surface area contributed by atoms with Gasteiger partial charge in [0.05, 0.1) is 11.1 Å². The smallest absolute Gasteiger partial charge is 0.416 e. The van der Waals surface area contributed by atoms with E-state index in [4.69, 9.17) is 4.74 Å². The molecular formula is C31H29F3N6O2S. The number of thiophene rings is 1. The molecule has 1 fully saturated rings. The summed E-state index contributed by atoms with van der Waals surface area (Å²) < 4.78 is 48.4. The van der Waals surface area contributed by atoms with Crippen LogP contribution in [0.1, 0.15) is 27.0 Å². The molecule has 2 aromatic carbocycles. The Bertz CT molecular complexity index is 1760. The molecule has 12 heteroatoms. The van der Waals surface area contributed by atoms with E-state index in [1.165, 1.54) is 23.5 Å². The molecule has 1 saturated heterocycles. The van der Waals surface area contributed by atoms with Crippen molar-refractivity contribution in [3.8, 4) is 23.0 Å². The van der Waals surface area contributed by atoms with Gasteiger partial charge in [-0.25, -0.2) is 4.98 Å². The number of hydrogen-bond acceptors (Lipinski definition) is 7. The maximum absolute atomic E-state index is 14.1. The lowest BCUT2D eigenvalue weighted by Crippen LogP contribution is -2.44. The van der Waals surface area contributed by atoms with E-state index in [-0.39, 0.29) is 17.7 Å². The Morgan fingerprint density at radius 1 is 1.07 bits per heavy atom. The van der Waals surface area contributed by atoms with Crippen LogP contribution in [0.25, 0.3) is 22.4 Å². The summed E-state index contributed by atoms with van der Waals surface area (Å²) in [7, 11) is 1.99. The Kier molecular flexibility index (Phi) is 7.91. The molecule has 0 atom stereocenters. The van der Waals surface area contributed by atoms with E-state index in [1.807, 2.05) is 34.8 Å². The van der Waals surface area contributed by atoms with E-state index >= 15 is 0 Å². The minimum absolute atomic E-state index is 0.0792. The molecule has 8 nitrogen and oxygen atoms in total. The second kappa shape index (κ2) is 11.8. The van der Waals surface area contributed by atoms with Gasteiger partial charge in [0.1, 0.15) is 11.3 Å². The van der Waals surface area contributed by atoms with Crippen molar-refractivity contribution in [1.29, 1.82) is 0 Å². The molecule has 0 bridgehead atoms. The fraction of sp³-hybridized carbons (Fsp3) is 0.258. The number of fused-ring (bicyclic) bond motifs is 1. The molecule has 0 spiro atoms. The number of piperazine rings is 1. The predicted octanol–water partition coefficient (Wildman–Crippen LogP) is 6.81. The molecule has 4 heterocycles. The number of nitrogens with one attached hydrogen (secondary N) is 2. The quantitative estimate of drug-likeness (QED) is 0.212. The number of benzene rings is 2. The Balaban J connectivity index is 1.23. The van der Waals surface area contributed by atoms with Crippen molar-refractivity contribution in [3.05, 3.63) is 87.7 Å². The number of nitrogens with zero attached hydrogens (tertiary/aromatic N) is 4. The highest BCUT2D eigenvalue weighted by Gasteiger charge is 2.34. The van der Waals surface area contributed by atoms with Gasteiger partial charge in [-0.3, -0.25) is 9.69 Å². The average Bonchev–Trinajstić information content (AvgIpc) is 3.68. The number of aromatic amines is 1. The van der Waals surface area contributed by atoms with E-state index in [9.17, 15) is 18.0 Å². The molecule has 43 heavy (non-hydrogen) atoms. The summed E-state index contributed by atoms with van der Waals surface area (Å²) in [5.74, 6) is 0.569. The normalized spacial score (nSPS) is 14.7. The summed E-state index contributed by atoms with van der Waals surface area (Å²) in [4.78, 5) is 29.6. The molecule has 0 aliphatic carbocycles. The summed E-state index contributed by atoms with van der Waals surface area (Å²) in [6.07, 6.45) is -2.85. The van der Waals surface area contributed by atoms with Crippen LogP contribution in [-0.2, 0) is 12.7 Å². The molecule has 1 amide bonds. The Labute approximate surface area is 250 Å². The number of alkyl halides is 3. The summed E-state index contributed by atoms with van der Waals surface area (Å²) in [6, 6.07) is 12.7. The number of aromatic nitrogens is 3. The van der Waals surface area contributed by atoms with E-state index in [2.05, 4.69) is 25.2 Å². The lowest BCUT2D eigenvalue weighted by atomic mass is 10.0. The monoisotopic (exact) mass is 606 g/mol. The van der Waals surface area contributed by atoms with Crippen LogP contribution in [0.4, 0.5) is 18.9 Å². The highest BCUT2D eigenvalue weighted by molar-refractivity contribution is 7.08. The third-order valence-corrected chi connectivity index (χ3v) is 8.17. The van der Waals surface area contributed by atoms with Crippen LogP contribution in [0.15, 0.2) is 65.5 Å². The summed E-state index contributed by atoms with van der Waals surface area (Å²) in [5, 5.41) is 6.65. The fourth-order valence-electron chi connectivity index (χ4n) is 4.98. The highest BCUT2D eigenvalue weighted by Crippen LogP contribution is 2.35. The van der Waals surface area contributed by atoms with Gasteiger partial charge < -0.3 is 19.9 Å². The number of ether oxygens (including phenoxy) is 1. The van der Waals surface area contributed by atoms with E-state index in [0.717, 1.165) is 30.3 Å². The van der Waals surface area contributed by atoms with Crippen LogP contribution in [0.3, 0.4) is 0 Å². The number of hydrogen-bond donors (Lipinski definition) is 2. The van der Waals surface area contributed by atoms with Crippen LogP contribution in [0, 0.1) is 6.92 Å². The van der Waals surface area contributed by atoms with Crippen molar-refractivity contribution in [2.45, 2.75) is 19.6 Å². The molecule has 6 rings (SSSR count). The van der Waals surface area contributed by atoms with Crippen LogP contribution in [-0.4, -0.2) is 63.9 Å². The molecule has 2 N–H and O–H groups in total. The number of likely N-dealkylation sites (N-methyl/N-ethyl adjacent to an activating group) is 1. The highest BCUT2D eigenvalue weighted by atomic mass is 32.1. The Morgan fingerprint density at radius 3 is 2.63 bits per heavy atom. The molecule has 222 valence electrons. The molecule has 5 aromatic rings. The van der Waals surface area contributed by atoms with Crippen molar-refractivity contribution in [3.63, 3.8) is 0 Å². The number of H-pyrrole nitrogens is 1. The molecule has 0 unspecified atom stereocenters. The zero-order valence-electron chi connectivity index (χ0n) is 23.5. The lowest BCUT2D eigenvalue weighted by Gasteiger charge is -2.33. The van der Waals surface area contributed by atoms with Gasteiger partial charge in [-0.2, -0.15) is 29.5 Å². The number of aryl methyl sites for hydroxylation is 1. The zero-order chi connectivity index (χ0) is 30.1. The first kappa shape index (κ1) is 28.8. The van der Waals surface area contributed by atoms with Crippen molar-refractivity contribution in [1.82, 2.24) is 24.8 Å². The minimum Gasteiger partial charge on any atom is -0.437 e. The lowest BCUT2D eigenvalue weighted by molar-refractivity contribution is -0.138. The largest absolute Gasteiger partial charge is 0.437 e. The summed E-state index contributed by atoms with van der Waals surface area (Å²) >= 11 is 1.53. The first-order chi connectivity index (χ1) is 20.6. The molecule has 0 radical (unpaired) electrons. The molecule has 1 aliphatic heterocycles. The van der Waals surface area contributed by atoms with E-state index in [0.29, 0.717) is 47.3 Å². The Morgan fingerprint density at radius 2 is 1.88 bits per heavy atom. The first-order valence-electron chi connectivity index (χ1n) is 13.7. The number of halogens is 3. The van der Waals surface area contributed by atoms with Crippen molar-refractivity contribution in [2.75, 3.05) is 38.5 Å². The van der Waals surface area contributed by atoms with Crippen molar-refractivity contribution < 1.29 is 22.7 Å². The van der Waals surface area contributed by atoms with Gasteiger partial charge in [-0.05, 0) is 60.8 Å². The molecular weight excluding hydrogens is 577 g/mol. The summed E-state index contributed by atoms with van der Waals surface area (Å²) in [6.45, 7) is 4.94. The standard InChI is InChI=1S/C31H29F3N6O2S/c1-19-3-6-23(42-30-27-25(7-9-35-27)36-28(38-30)22-8-14-43-18-22)16-26(19)37-29(41)20-4-5-21(24(15-20)31(32,33)34)17-40-12-10-39(2)11-13-40/h3-9,14-16,18,35H,10-13,17H2,1-2H3,(H,37,41). The molecule has 0 saturated carbocycles. The van der Waals surface area contributed by atoms with Gasteiger partial charge in [-0.15, -0.1) is 0 Å². The molecule has 3 aromatic heterocycles. The maximum atomic E-state index is 14.1. The third kappa shape index (κ3) is 6.41. The van der Waals surface area contributed by atoms with Gasteiger partial charge in [0.25, 0.3) is 5.91 Å². The number of amides is 1. The Hall–Kier alpha value is -4.26. The number of anilines is 1. The van der Waals surface area contributed by atoms with Crippen molar-refractivity contribution >= 4 is 34.0 Å². The van der Waals surface area contributed by atoms with Crippen LogP contribution < -0.4 is 10.1 Å². The fourth-order valence-corrected chi connectivity index (χ4v) is 5.62. The average molecular weight is 607 g/mol. The number of carbonyl (C=O) groups excluding carboxylic acids is 1. The van der Waals surface area contributed by atoms with Gasteiger partial charge in [0, 0.05) is 67.2 Å². The zero-order valence-corrected chi connectivity index (χ0v) is 24.4. The maximum Gasteiger partial charge on any atom is 0.416 e. The van der Waals surface area contributed by atoms with Crippen LogP contribution in [0.5, 0.6) is 11.6 Å². The van der Waals surface area contributed by atoms with Gasteiger partial charge >= 0.3 is 6.18 Å². The first-order valence-corrected chi connectivity index (χ1v) is 14.7. The topological polar surface area (TPSA) is 86.4 Å². The van der Waals surface area contributed by atoms with Gasteiger partial charge in [0.2, 0.25) is 5.88 Å². The third-order valence-electron chi connectivity index (χ3n) is 7.49. The molecule has 1 aliphatic rings. The van der Waals surface area contributed by atoms with Crippen LogP contribution in [0.2, 0.25) is 0 Å². The summed E-state index contributed by atoms with van der Waals surface area (Å²) in [5.41, 5.74) is 2.56. The second-order valence-corrected chi connectivity index (χ2v) is 11.4. The van der Waals surface area contributed by atoms with Crippen molar-refractivity contribution in [2.24, 2.45) is 0 Å².